The lowest BCUT2D eigenvalue weighted by Crippen LogP contribution is -2.16. The highest BCUT2D eigenvalue weighted by Crippen LogP contribution is 2.46. The quantitative estimate of drug-likeness (QED) is 0.590. The number of fused-ring (bicyclic) bond motifs is 1. The molecule has 90 valence electrons. The van der Waals surface area contributed by atoms with Crippen LogP contribution in [0.5, 0.6) is 5.75 Å². The predicted octanol–water partition coefficient (Wildman–Crippen LogP) is 2.34. The van der Waals surface area contributed by atoms with E-state index in [1.54, 1.807) is 0 Å². The molecule has 1 aromatic rings. The van der Waals surface area contributed by atoms with E-state index in [1.807, 2.05) is 0 Å². The number of alkyl halides is 3. The first-order chi connectivity index (χ1) is 7.75. The summed E-state index contributed by atoms with van der Waals surface area (Å²) in [7, 11) is 1.53. The number of hydrogen-bond donors (Lipinski definition) is 1. The maximum Gasteiger partial charge on any atom is 0.238 e. The van der Waals surface area contributed by atoms with Crippen molar-refractivity contribution in [3.05, 3.63) is 23.0 Å². The Hall–Kier alpha value is -0.970. The second kappa shape index (κ2) is 3.77. The van der Waals surface area contributed by atoms with E-state index in [9.17, 15) is 14.7 Å². The molecule has 1 N–H and O–H groups in total. The van der Waals surface area contributed by atoms with Gasteiger partial charge in [-0.05, 0) is 12.2 Å². The van der Waals surface area contributed by atoms with Crippen molar-refractivity contribution < 1.29 is 14.7 Å². The summed E-state index contributed by atoms with van der Waals surface area (Å²) in [5.41, 5.74) is 0.176. The van der Waals surface area contributed by atoms with Crippen molar-refractivity contribution in [1.82, 2.24) is 4.57 Å². The summed E-state index contributed by atoms with van der Waals surface area (Å²) in [5.74, 6) is -1.99. The van der Waals surface area contributed by atoms with Crippen molar-refractivity contribution in [2.75, 3.05) is 0 Å². The van der Waals surface area contributed by atoms with Crippen molar-refractivity contribution in [1.29, 1.82) is 0 Å². The van der Waals surface area contributed by atoms with Crippen LogP contribution in [0, 0.1) is 0 Å². The molecule has 1 heterocycles. The highest BCUT2D eigenvalue weighted by molar-refractivity contribution is 6.67. The Morgan fingerprint density at radius 3 is 2.35 bits per heavy atom. The Bertz CT molecular complexity index is 566. The third-order valence-corrected chi connectivity index (χ3v) is 3.06. The standard InChI is InChI=1S/C10H6Cl3NO3/c1-14-4-2-3-5(15)7(16)6(4)8(17)9(14)10(11,12)13/h2-3,17H,1H3. The molecule has 0 saturated heterocycles. The zero-order chi connectivity index (χ0) is 13.0. The Kier molecular flexibility index (Phi) is 2.77. The molecule has 1 aliphatic carbocycles. The minimum Gasteiger partial charge on any atom is -0.505 e. The Morgan fingerprint density at radius 1 is 1.24 bits per heavy atom. The van der Waals surface area contributed by atoms with Crippen molar-refractivity contribution >= 4 is 52.4 Å². The van der Waals surface area contributed by atoms with E-state index in [0.717, 1.165) is 6.08 Å². The number of allylic oxidation sites excluding steroid dienone is 1. The molecule has 0 aliphatic heterocycles. The van der Waals surface area contributed by atoms with E-state index in [-0.39, 0.29) is 11.3 Å². The fraction of sp³-hybridized carbons (Fsp3) is 0.200. The molecule has 0 saturated carbocycles. The van der Waals surface area contributed by atoms with E-state index >= 15 is 0 Å². The second-order valence-corrected chi connectivity index (χ2v) is 5.82. The average Bonchev–Trinajstić information content (AvgIpc) is 2.44. The van der Waals surface area contributed by atoms with Gasteiger partial charge in [0, 0.05) is 7.05 Å². The van der Waals surface area contributed by atoms with Gasteiger partial charge >= 0.3 is 0 Å². The van der Waals surface area contributed by atoms with Crippen LogP contribution in [-0.4, -0.2) is 21.2 Å². The van der Waals surface area contributed by atoms with E-state index in [0.29, 0.717) is 5.69 Å². The number of halogens is 3. The van der Waals surface area contributed by atoms with Gasteiger partial charge in [0.05, 0.1) is 11.3 Å². The van der Waals surface area contributed by atoms with Crippen LogP contribution in [0.25, 0.3) is 6.08 Å². The van der Waals surface area contributed by atoms with E-state index in [4.69, 9.17) is 34.8 Å². The van der Waals surface area contributed by atoms with Crippen LogP contribution in [0.3, 0.4) is 0 Å². The molecular weight excluding hydrogens is 288 g/mol. The summed E-state index contributed by atoms with van der Waals surface area (Å²) in [6.07, 6.45) is 2.52. The molecule has 0 fully saturated rings. The van der Waals surface area contributed by atoms with Gasteiger partial charge in [-0.2, -0.15) is 0 Å². The maximum absolute atomic E-state index is 11.6. The molecule has 7 heteroatoms. The zero-order valence-electron chi connectivity index (χ0n) is 8.50. The SMILES string of the molecule is Cn1c2c(c(O)c1C(Cl)(Cl)Cl)C(=O)C(=O)C=C2. The Balaban J connectivity index is 2.80. The van der Waals surface area contributed by atoms with Gasteiger partial charge in [0.25, 0.3) is 0 Å². The lowest BCUT2D eigenvalue weighted by atomic mass is 10.0. The number of ketones is 2. The minimum absolute atomic E-state index is 0.0415. The summed E-state index contributed by atoms with van der Waals surface area (Å²) in [5, 5.41) is 9.90. The Labute approximate surface area is 111 Å². The van der Waals surface area contributed by atoms with Crippen LogP contribution in [0.2, 0.25) is 0 Å². The molecule has 2 rings (SSSR count). The summed E-state index contributed by atoms with van der Waals surface area (Å²) in [6, 6.07) is 0. The van der Waals surface area contributed by atoms with Crippen LogP contribution in [0.4, 0.5) is 0 Å². The molecule has 0 radical (unpaired) electrons. The van der Waals surface area contributed by atoms with Gasteiger partial charge in [0.2, 0.25) is 15.4 Å². The topological polar surface area (TPSA) is 59.3 Å². The van der Waals surface area contributed by atoms with Gasteiger partial charge in [-0.25, -0.2) is 0 Å². The third kappa shape index (κ3) is 1.76. The van der Waals surface area contributed by atoms with Crippen molar-refractivity contribution in [2.24, 2.45) is 7.05 Å². The van der Waals surface area contributed by atoms with Gasteiger partial charge in [-0.3, -0.25) is 9.59 Å². The molecule has 0 amide bonds. The summed E-state index contributed by atoms with van der Waals surface area (Å²) in [6.45, 7) is 0. The van der Waals surface area contributed by atoms with Gasteiger partial charge in [-0.1, -0.05) is 34.8 Å². The molecule has 4 nitrogen and oxygen atoms in total. The third-order valence-electron chi connectivity index (χ3n) is 2.53. The number of rotatable bonds is 0. The molecule has 0 aromatic carbocycles. The van der Waals surface area contributed by atoms with Gasteiger partial charge in [0.15, 0.2) is 5.75 Å². The Morgan fingerprint density at radius 2 is 1.82 bits per heavy atom. The number of Topliss-reactive ketones (excluding diaryl/α,β-unsaturated/α-hetero) is 1. The summed E-state index contributed by atoms with van der Waals surface area (Å²) >= 11 is 17.1. The molecule has 0 atom stereocenters. The number of carbonyl (C=O) groups excluding carboxylic acids is 2. The lowest BCUT2D eigenvalue weighted by Gasteiger charge is -2.13. The largest absolute Gasteiger partial charge is 0.505 e. The molecule has 0 unspecified atom stereocenters. The number of nitrogens with zero attached hydrogens (tertiary/aromatic N) is 1. The first-order valence-electron chi connectivity index (χ1n) is 4.50. The van der Waals surface area contributed by atoms with Crippen LogP contribution < -0.4 is 0 Å². The summed E-state index contributed by atoms with van der Waals surface area (Å²) < 4.78 is -0.508. The van der Waals surface area contributed by atoms with E-state index < -0.39 is 21.1 Å². The molecular formula is C10H6Cl3NO3. The van der Waals surface area contributed by atoms with Crippen molar-refractivity contribution in [2.45, 2.75) is 3.79 Å². The number of carbonyl (C=O) groups is 2. The molecule has 17 heavy (non-hydrogen) atoms. The lowest BCUT2D eigenvalue weighted by molar-refractivity contribution is -0.110. The van der Waals surface area contributed by atoms with Gasteiger partial charge < -0.3 is 9.67 Å². The highest BCUT2D eigenvalue weighted by atomic mass is 35.6. The number of aromatic hydroxyl groups is 1. The molecule has 1 aliphatic rings. The molecule has 0 bridgehead atoms. The first kappa shape index (κ1) is 12.5. The van der Waals surface area contributed by atoms with Gasteiger partial charge in [0.1, 0.15) is 5.69 Å². The van der Waals surface area contributed by atoms with Crippen molar-refractivity contribution in [3.8, 4) is 5.75 Å². The fourth-order valence-corrected chi connectivity index (χ4v) is 2.43. The number of aromatic nitrogens is 1. The fourth-order valence-electron chi connectivity index (χ4n) is 1.78. The minimum atomic E-state index is -1.88. The van der Waals surface area contributed by atoms with Crippen LogP contribution in [0.1, 0.15) is 21.7 Å². The first-order valence-corrected chi connectivity index (χ1v) is 5.64. The average molecular weight is 295 g/mol. The van der Waals surface area contributed by atoms with E-state index in [1.165, 1.54) is 17.7 Å². The molecule has 0 spiro atoms. The second-order valence-electron chi connectivity index (χ2n) is 3.54. The van der Waals surface area contributed by atoms with Gasteiger partial charge in [-0.15, -0.1) is 0 Å². The number of hydrogen-bond acceptors (Lipinski definition) is 3. The van der Waals surface area contributed by atoms with Crippen molar-refractivity contribution in [3.63, 3.8) is 0 Å². The van der Waals surface area contributed by atoms with Crippen LogP contribution >= 0.6 is 34.8 Å². The van der Waals surface area contributed by atoms with Crippen LogP contribution in [0.15, 0.2) is 6.08 Å². The maximum atomic E-state index is 11.6. The monoisotopic (exact) mass is 293 g/mol. The predicted molar refractivity (Wildman–Crippen MR) is 64.7 cm³/mol. The zero-order valence-corrected chi connectivity index (χ0v) is 10.8. The van der Waals surface area contributed by atoms with Crippen LogP contribution in [-0.2, 0) is 15.6 Å². The molecule has 1 aromatic heterocycles. The van der Waals surface area contributed by atoms with E-state index in [2.05, 4.69) is 0 Å². The highest BCUT2D eigenvalue weighted by Gasteiger charge is 2.38. The summed E-state index contributed by atoms with van der Waals surface area (Å²) in [4.78, 5) is 22.9. The smallest absolute Gasteiger partial charge is 0.238 e. The normalized spacial score (nSPS) is 15.3.